The first-order chi connectivity index (χ1) is 22.2. The Kier molecular flexibility index (Phi) is 11.3. The van der Waals surface area contributed by atoms with Crippen molar-refractivity contribution in [3.05, 3.63) is 77.4 Å². The van der Waals surface area contributed by atoms with Crippen LogP contribution in [0.2, 0.25) is 0 Å². The van der Waals surface area contributed by atoms with Gasteiger partial charge in [-0.2, -0.15) is 0 Å². The van der Waals surface area contributed by atoms with Gasteiger partial charge in [0.05, 0.1) is 14.2 Å². The van der Waals surface area contributed by atoms with Crippen molar-refractivity contribution in [3.63, 3.8) is 0 Å². The quantitative estimate of drug-likeness (QED) is 0.204. The molecule has 1 aliphatic heterocycles. The minimum Gasteiger partial charge on any atom is -0.497 e. The highest BCUT2D eigenvalue weighted by Crippen LogP contribution is 2.39. The second-order valence-electron chi connectivity index (χ2n) is 14.0. The summed E-state index contributed by atoms with van der Waals surface area (Å²) in [5.74, 6) is 1.81. The number of hydrogen-bond acceptors (Lipinski definition) is 6. The average Bonchev–Trinajstić information content (AvgIpc) is 3.03. The first-order valence-corrected chi connectivity index (χ1v) is 16.5. The van der Waals surface area contributed by atoms with E-state index in [2.05, 4.69) is 72.8 Å². The number of hydrogen-bond donors (Lipinski definition) is 3. The zero-order chi connectivity index (χ0) is 34.4. The van der Waals surface area contributed by atoms with E-state index in [4.69, 9.17) is 14.2 Å². The molecule has 0 saturated carbocycles. The zero-order valence-corrected chi connectivity index (χ0v) is 29.5. The minimum absolute atomic E-state index is 0.0900. The lowest BCUT2D eigenvalue weighted by molar-refractivity contribution is 0.0636. The van der Waals surface area contributed by atoms with E-state index < -0.39 is 11.7 Å². The van der Waals surface area contributed by atoms with Gasteiger partial charge in [-0.05, 0) is 98.5 Å². The van der Waals surface area contributed by atoms with Crippen LogP contribution in [0.15, 0.2) is 60.7 Å². The van der Waals surface area contributed by atoms with Crippen molar-refractivity contribution in [2.45, 2.75) is 84.2 Å². The van der Waals surface area contributed by atoms with E-state index >= 15 is 0 Å². The molecule has 47 heavy (non-hydrogen) atoms. The molecule has 3 amide bonds. The Hall–Kier alpha value is -4.40. The maximum Gasteiger partial charge on any atom is 0.412 e. The molecule has 4 rings (SSSR count). The molecule has 254 valence electrons. The molecule has 3 aromatic carbocycles. The van der Waals surface area contributed by atoms with E-state index in [1.807, 2.05) is 57.2 Å². The van der Waals surface area contributed by atoms with Crippen LogP contribution in [0.4, 0.5) is 26.7 Å². The molecule has 1 fully saturated rings. The van der Waals surface area contributed by atoms with Gasteiger partial charge in [-0.3, -0.25) is 5.32 Å². The van der Waals surface area contributed by atoms with E-state index in [0.717, 1.165) is 65.5 Å². The van der Waals surface area contributed by atoms with Crippen molar-refractivity contribution in [2.75, 3.05) is 49.4 Å². The average molecular weight is 645 g/mol. The molecule has 0 radical (unpaired) electrons. The molecule has 0 unspecified atom stereocenters. The lowest BCUT2D eigenvalue weighted by Gasteiger charge is -2.43. The SMILES string of the molecule is COc1cccc(N2CCC(CNC(=O)Nc3c(C(C)C)cc(NC(=O)OC(C)(C)C)cc3C(C)C)(c3cccc(OC)c3)CC2)c1. The molecule has 1 saturated heterocycles. The summed E-state index contributed by atoms with van der Waals surface area (Å²) in [6, 6.07) is 19.9. The number of amides is 3. The highest BCUT2D eigenvalue weighted by molar-refractivity contribution is 5.93. The highest BCUT2D eigenvalue weighted by atomic mass is 16.6. The Labute approximate surface area is 280 Å². The van der Waals surface area contributed by atoms with Gasteiger partial charge in [0.2, 0.25) is 0 Å². The smallest absolute Gasteiger partial charge is 0.412 e. The van der Waals surface area contributed by atoms with Gasteiger partial charge in [0.1, 0.15) is 17.1 Å². The molecule has 0 atom stereocenters. The largest absolute Gasteiger partial charge is 0.497 e. The summed E-state index contributed by atoms with van der Waals surface area (Å²) in [5.41, 5.74) is 4.65. The van der Waals surface area contributed by atoms with Crippen LogP contribution < -0.4 is 30.3 Å². The molecule has 3 aromatic rings. The third-order valence-electron chi connectivity index (χ3n) is 8.74. The number of urea groups is 1. The van der Waals surface area contributed by atoms with E-state index in [1.165, 1.54) is 0 Å². The molecular weight excluding hydrogens is 592 g/mol. The topological polar surface area (TPSA) is 101 Å². The van der Waals surface area contributed by atoms with Crippen molar-refractivity contribution >= 4 is 29.2 Å². The number of carbonyl (C=O) groups excluding carboxylic acids is 2. The first-order valence-electron chi connectivity index (χ1n) is 16.5. The zero-order valence-electron chi connectivity index (χ0n) is 29.5. The number of piperidine rings is 1. The molecule has 0 bridgehead atoms. The Morgan fingerprint density at radius 2 is 1.40 bits per heavy atom. The van der Waals surface area contributed by atoms with Crippen LogP contribution in [0.1, 0.15) is 89.8 Å². The molecule has 3 N–H and O–H groups in total. The van der Waals surface area contributed by atoms with Crippen molar-refractivity contribution in [2.24, 2.45) is 0 Å². The molecule has 9 heteroatoms. The standard InChI is InChI=1S/C38H52N4O5/c1-25(2)32-21-28(40-36(44)47-37(5,6)7)22-33(26(3)4)34(32)41-35(43)39-24-38(27-12-10-14-30(20-27)45-8)16-18-42(19-17-38)29-13-11-15-31(23-29)46-9/h10-15,20-23,25-26H,16-19,24H2,1-9H3,(H,40,44)(H2,39,41,43). The maximum absolute atomic E-state index is 13.7. The number of ether oxygens (including phenoxy) is 3. The summed E-state index contributed by atoms with van der Waals surface area (Å²) in [5, 5.41) is 9.31. The summed E-state index contributed by atoms with van der Waals surface area (Å²) in [4.78, 5) is 28.7. The monoisotopic (exact) mass is 644 g/mol. The molecule has 9 nitrogen and oxygen atoms in total. The van der Waals surface area contributed by atoms with Crippen molar-refractivity contribution < 1.29 is 23.8 Å². The van der Waals surface area contributed by atoms with Crippen LogP contribution in [0.3, 0.4) is 0 Å². The lowest BCUT2D eigenvalue weighted by atomic mass is 9.72. The van der Waals surface area contributed by atoms with Gasteiger partial charge in [-0.15, -0.1) is 0 Å². The third kappa shape index (κ3) is 9.11. The van der Waals surface area contributed by atoms with Gasteiger partial charge in [0.25, 0.3) is 0 Å². The second kappa shape index (κ2) is 15.0. The molecule has 0 aromatic heterocycles. The van der Waals surface area contributed by atoms with Crippen LogP contribution in [0, 0.1) is 0 Å². The number of nitrogens with one attached hydrogen (secondary N) is 3. The Morgan fingerprint density at radius 1 is 0.830 bits per heavy atom. The van der Waals surface area contributed by atoms with E-state index in [0.29, 0.717) is 12.2 Å². The summed E-state index contributed by atoms with van der Waals surface area (Å²) in [6.45, 7) is 15.9. The molecule has 1 aliphatic rings. The fourth-order valence-corrected chi connectivity index (χ4v) is 6.16. The molecule has 0 aliphatic carbocycles. The Morgan fingerprint density at radius 3 is 1.96 bits per heavy atom. The number of anilines is 3. The number of benzene rings is 3. The van der Waals surface area contributed by atoms with Gasteiger partial charge >= 0.3 is 12.1 Å². The van der Waals surface area contributed by atoms with E-state index in [1.54, 1.807) is 14.2 Å². The summed E-state index contributed by atoms with van der Waals surface area (Å²) in [7, 11) is 3.36. The van der Waals surface area contributed by atoms with Crippen LogP contribution in [-0.2, 0) is 10.2 Å². The normalized spacial score (nSPS) is 14.5. The van der Waals surface area contributed by atoms with Crippen LogP contribution in [0.25, 0.3) is 0 Å². The molecular formula is C38H52N4O5. The Balaban J connectivity index is 1.56. The van der Waals surface area contributed by atoms with Crippen molar-refractivity contribution in [1.29, 1.82) is 0 Å². The van der Waals surface area contributed by atoms with Gasteiger partial charge in [-0.1, -0.05) is 45.9 Å². The van der Waals surface area contributed by atoms with Crippen LogP contribution >= 0.6 is 0 Å². The van der Waals surface area contributed by atoms with Crippen molar-refractivity contribution in [1.82, 2.24) is 5.32 Å². The number of carbonyl (C=O) groups is 2. The summed E-state index contributed by atoms with van der Waals surface area (Å²) in [6.07, 6.45) is 1.18. The highest BCUT2D eigenvalue weighted by Gasteiger charge is 2.37. The fourth-order valence-electron chi connectivity index (χ4n) is 6.16. The molecule has 1 heterocycles. The fraction of sp³-hybridized carbons (Fsp3) is 0.474. The van der Waals surface area contributed by atoms with Gasteiger partial charge in [0.15, 0.2) is 0 Å². The van der Waals surface area contributed by atoms with E-state index in [-0.39, 0.29) is 23.3 Å². The van der Waals surface area contributed by atoms with Crippen LogP contribution in [0.5, 0.6) is 11.5 Å². The predicted molar refractivity (Wildman–Crippen MR) is 191 cm³/mol. The summed E-state index contributed by atoms with van der Waals surface area (Å²) >= 11 is 0. The van der Waals surface area contributed by atoms with Crippen LogP contribution in [-0.4, -0.2) is 51.6 Å². The van der Waals surface area contributed by atoms with Crippen molar-refractivity contribution in [3.8, 4) is 11.5 Å². The minimum atomic E-state index is -0.612. The summed E-state index contributed by atoms with van der Waals surface area (Å²) < 4.78 is 16.5. The number of methoxy groups -OCH3 is 2. The molecule has 0 spiro atoms. The number of nitrogens with zero attached hydrogens (tertiary/aromatic N) is 1. The number of rotatable bonds is 10. The Bertz CT molecular complexity index is 1510. The lowest BCUT2D eigenvalue weighted by Crippen LogP contribution is -2.49. The van der Waals surface area contributed by atoms with Gasteiger partial charge in [-0.25, -0.2) is 9.59 Å². The predicted octanol–water partition coefficient (Wildman–Crippen LogP) is 8.66. The van der Waals surface area contributed by atoms with E-state index in [9.17, 15) is 9.59 Å². The second-order valence-corrected chi connectivity index (χ2v) is 14.0. The third-order valence-corrected chi connectivity index (χ3v) is 8.74. The first kappa shape index (κ1) is 35.5. The maximum atomic E-state index is 13.7. The van der Waals surface area contributed by atoms with Gasteiger partial charge < -0.3 is 29.7 Å². The van der Waals surface area contributed by atoms with Gasteiger partial charge in [0, 0.05) is 48.2 Å².